The molecule has 2 heterocycles. The summed E-state index contributed by atoms with van der Waals surface area (Å²) in [6, 6.07) is 0.745. The number of rotatable bonds is 2. The Morgan fingerprint density at radius 1 is 1.25 bits per heavy atom. The van der Waals surface area contributed by atoms with Gasteiger partial charge in [-0.1, -0.05) is 20.8 Å². The minimum atomic E-state index is 0.585. The highest BCUT2D eigenvalue weighted by Gasteiger charge is 2.28. The van der Waals surface area contributed by atoms with E-state index in [-0.39, 0.29) is 0 Å². The molecule has 2 aliphatic heterocycles. The number of nitrogens with zero attached hydrogens (tertiary/aromatic N) is 1. The summed E-state index contributed by atoms with van der Waals surface area (Å²) < 4.78 is 0. The highest BCUT2D eigenvalue weighted by atomic mass is 15.2. The Kier molecular flexibility index (Phi) is 3.91. The molecule has 94 valence electrons. The zero-order valence-electron chi connectivity index (χ0n) is 11.3. The predicted molar refractivity (Wildman–Crippen MR) is 69.6 cm³/mol. The summed E-state index contributed by atoms with van der Waals surface area (Å²) in [7, 11) is 0. The van der Waals surface area contributed by atoms with E-state index < -0.39 is 0 Å². The van der Waals surface area contributed by atoms with E-state index in [1.807, 2.05) is 0 Å². The van der Waals surface area contributed by atoms with Gasteiger partial charge in [0.1, 0.15) is 0 Å². The van der Waals surface area contributed by atoms with E-state index >= 15 is 0 Å². The number of hydrogen-bond acceptors (Lipinski definition) is 2. The largest absolute Gasteiger partial charge is 0.312 e. The molecule has 0 aromatic rings. The van der Waals surface area contributed by atoms with E-state index in [2.05, 4.69) is 31.0 Å². The quantitative estimate of drug-likeness (QED) is 0.775. The molecule has 0 saturated carbocycles. The summed E-state index contributed by atoms with van der Waals surface area (Å²) in [6.07, 6.45) is 5.52. The first-order chi connectivity index (χ1) is 7.57. The molecule has 0 aromatic heterocycles. The van der Waals surface area contributed by atoms with Gasteiger partial charge in [-0.15, -0.1) is 0 Å². The van der Waals surface area contributed by atoms with E-state index in [0.29, 0.717) is 5.41 Å². The van der Waals surface area contributed by atoms with Gasteiger partial charge in [0.15, 0.2) is 0 Å². The first-order valence-corrected chi connectivity index (χ1v) is 7.03. The van der Waals surface area contributed by atoms with Crippen molar-refractivity contribution in [3.05, 3.63) is 0 Å². The minimum Gasteiger partial charge on any atom is -0.312 e. The Bertz CT molecular complexity index is 215. The molecule has 2 saturated heterocycles. The first-order valence-electron chi connectivity index (χ1n) is 7.03. The molecule has 0 aliphatic carbocycles. The standard InChI is InChI=1S/C14H28N2/c1-12-5-4-8-15-13(12)11-16-9-6-14(2,3)7-10-16/h12-13,15H,4-11H2,1-3H3. The molecule has 2 rings (SSSR count). The van der Waals surface area contributed by atoms with E-state index in [4.69, 9.17) is 0 Å². The fraction of sp³-hybridized carbons (Fsp3) is 1.00. The molecule has 2 nitrogen and oxygen atoms in total. The number of nitrogens with one attached hydrogen (secondary N) is 1. The van der Waals surface area contributed by atoms with Crippen LogP contribution < -0.4 is 5.32 Å². The van der Waals surface area contributed by atoms with Gasteiger partial charge in [-0.25, -0.2) is 0 Å². The predicted octanol–water partition coefficient (Wildman–Crippen LogP) is 2.50. The SMILES string of the molecule is CC1CCCNC1CN1CCC(C)(C)CC1. The van der Waals surface area contributed by atoms with E-state index in [1.165, 1.54) is 51.9 Å². The lowest BCUT2D eigenvalue weighted by atomic mass is 9.82. The van der Waals surface area contributed by atoms with Gasteiger partial charge >= 0.3 is 0 Å². The van der Waals surface area contributed by atoms with Gasteiger partial charge in [-0.2, -0.15) is 0 Å². The van der Waals surface area contributed by atoms with Crippen LogP contribution in [-0.4, -0.2) is 37.1 Å². The van der Waals surface area contributed by atoms with E-state index in [0.717, 1.165) is 12.0 Å². The number of likely N-dealkylation sites (tertiary alicyclic amines) is 1. The van der Waals surface area contributed by atoms with Crippen molar-refractivity contribution in [1.82, 2.24) is 10.2 Å². The molecule has 16 heavy (non-hydrogen) atoms. The Balaban J connectivity index is 1.77. The molecular formula is C14H28N2. The van der Waals surface area contributed by atoms with Crippen LogP contribution in [0.4, 0.5) is 0 Å². The lowest BCUT2D eigenvalue weighted by Crippen LogP contribution is -2.50. The zero-order valence-corrected chi connectivity index (χ0v) is 11.3. The summed E-state index contributed by atoms with van der Waals surface area (Å²) in [5, 5.41) is 3.70. The Morgan fingerprint density at radius 3 is 2.56 bits per heavy atom. The highest BCUT2D eigenvalue weighted by molar-refractivity contribution is 4.85. The van der Waals surface area contributed by atoms with Crippen molar-refractivity contribution in [3.8, 4) is 0 Å². The van der Waals surface area contributed by atoms with Crippen LogP contribution in [0.3, 0.4) is 0 Å². The maximum absolute atomic E-state index is 3.70. The van der Waals surface area contributed by atoms with Crippen LogP contribution in [0.15, 0.2) is 0 Å². The van der Waals surface area contributed by atoms with Gasteiger partial charge in [-0.05, 0) is 56.7 Å². The molecule has 2 aliphatic rings. The third kappa shape index (κ3) is 3.21. The van der Waals surface area contributed by atoms with Crippen LogP contribution in [0, 0.1) is 11.3 Å². The minimum absolute atomic E-state index is 0.585. The van der Waals surface area contributed by atoms with Crippen LogP contribution in [0.5, 0.6) is 0 Å². The monoisotopic (exact) mass is 224 g/mol. The number of hydrogen-bond donors (Lipinski definition) is 1. The molecule has 0 radical (unpaired) electrons. The van der Waals surface area contributed by atoms with Gasteiger partial charge in [0.25, 0.3) is 0 Å². The van der Waals surface area contributed by atoms with Gasteiger partial charge in [0.05, 0.1) is 0 Å². The van der Waals surface area contributed by atoms with Crippen molar-refractivity contribution >= 4 is 0 Å². The average Bonchev–Trinajstić information content (AvgIpc) is 2.24. The Labute approximate surface area is 101 Å². The fourth-order valence-corrected chi connectivity index (χ4v) is 2.98. The van der Waals surface area contributed by atoms with Gasteiger partial charge in [0, 0.05) is 12.6 Å². The van der Waals surface area contributed by atoms with Crippen molar-refractivity contribution in [2.24, 2.45) is 11.3 Å². The van der Waals surface area contributed by atoms with Gasteiger partial charge in [-0.3, -0.25) is 0 Å². The maximum atomic E-state index is 3.70. The maximum Gasteiger partial charge on any atom is 0.0220 e. The Hall–Kier alpha value is -0.0800. The molecule has 2 unspecified atom stereocenters. The molecule has 0 amide bonds. The second kappa shape index (κ2) is 5.05. The van der Waals surface area contributed by atoms with E-state index in [9.17, 15) is 0 Å². The average molecular weight is 224 g/mol. The second-order valence-corrected chi connectivity index (χ2v) is 6.64. The molecule has 0 bridgehead atoms. The Morgan fingerprint density at radius 2 is 1.94 bits per heavy atom. The molecule has 2 heteroatoms. The molecule has 2 fully saturated rings. The van der Waals surface area contributed by atoms with Crippen molar-refractivity contribution in [1.29, 1.82) is 0 Å². The molecule has 2 atom stereocenters. The lowest BCUT2D eigenvalue weighted by molar-refractivity contribution is 0.108. The van der Waals surface area contributed by atoms with Gasteiger partial charge < -0.3 is 10.2 Å². The topological polar surface area (TPSA) is 15.3 Å². The summed E-state index contributed by atoms with van der Waals surface area (Å²) in [5.74, 6) is 0.865. The van der Waals surface area contributed by atoms with Crippen LogP contribution in [0.2, 0.25) is 0 Å². The van der Waals surface area contributed by atoms with Gasteiger partial charge in [0.2, 0.25) is 0 Å². The summed E-state index contributed by atoms with van der Waals surface area (Å²) in [6.45, 7) is 12.3. The third-order valence-corrected chi connectivity index (χ3v) is 4.59. The van der Waals surface area contributed by atoms with E-state index in [1.54, 1.807) is 0 Å². The van der Waals surface area contributed by atoms with Crippen molar-refractivity contribution in [3.63, 3.8) is 0 Å². The van der Waals surface area contributed by atoms with Crippen LogP contribution in [0.25, 0.3) is 0 Å². The number of piperidine rings is 2. The zero-order chi connectivity index (χ0) is 11.6. The first kappa shape index (κ1) is 12.4. The van der Waals surface area contributed by atoms with Crippen molar-refractivity contribution < 1.29 is 0 Å². The second-order valence-electron chi connectivity index (χ2n) is 6.64. The van der Waals surface area contributed by atoms with Crippen LogP contribution in [-0.2, 0) is 0 Å². The van der Waals surface area contributed by atoms with Crippen molar-refractivity contribution in [2.75, 3.05) is 26.2 Å². The molecule has 1 N–H and O–H groups in total. The van der Waals surface area contributed by atoms with Crippen molar-refractivity contribution in [2.45, 2.75) is 52.5 Å². The lowest BCUT2D eigenvalue weighted by Gasteiger charge is -2.40. The summed E-state index contributed by atoms with van der Waals surface area (Å²) in [5.41, 5.74) is 0.585. The smallest absolute Gasteiger partial charge is 0.0220 e. The molecule has 0 spiro atoms. The van der Waals surface area contributed by atoms with Crippen LogP contribution in [0.1, 0.15) is 46.5 Å². The molecular weight excluding hydrogens is 196 g/mol. The summed E-state index contributed by atoms with van der Waals surface area (Å²) >= 11 is 0. The molecule has 0 aromatic carbocycles. The highest BCUT2D eigenvalue weighted by Crippen LogP contribution is 2.30. The normalized spacial score (nSPS) is 36.2. The van der Waals surface area contributed by atoms with Crippen LogP contribution >= 0.6 is 0 Å². The summed E-state index contributed by atoms with van der Waals surface area (Å²) in [4.78, 5) is 2.67. The fourth-order valence-electron chi connectivity index (χ4n) is 2.98. The third-order valence-electron chi connectivity index (χ3n) is 4.59.